The highest BCUT2D eigenvalue weighted by molar-refractivity contribution is 7.21. The van der Waals surface area contributed by atoms with Crippen molar-refractivity contribution in [1.82, 2.24) is 4.90 Å². The van der Waals surface area contributed by atoms with Gasteiger partial charge in [0, 0.05) is 24.4 Å². The quantitative estimate of drug-likeness (QED) is 0.925. The van der Waals surface area contributed by atoms with Crippen molar-refractivity contribution in [3.63, 3.8) is 0 Å². The molecule has 5 heteroatoms. The lowest BCUT2D eigenvalue weighted by atomic mass is 9.98. The zero-order chi connectivity index (χ0) is 15.0. The van der Waals surface area contributed by atoms with Crippen LogP contribution in [0.15, 0.2) is 18.2 Å². The third-order valence-electron chi connectivity index (χ3n) is 4.16. The van der Waals surface area contributed by atoms with Gasteiger partial charge in [0.15, 0.2) is 0 Å². The lowest BCUT2D eigenvalue weighted by Crippen LogP contribution is -2.40. The first-order chi connectivity index (χ1) is 10.1. The number of likely N-dealkylation sites (tertiary alicyclic amines) is 1. The average Bonchev–Trinajstić information content (AvgIpc) is 2.83. The Balaban J connectivity index is 1.92. The lowest BCUT2D eigenvalue weighted by Gasteiger charge is -2.31. The third kappa shape index (κ3) is 2.68. The van der Waals surface area contributed by atoms with Gasteiger partial charge in [-0.25, -0.2) is 4.39 Å². The van der Waals surface area contributed by atoms with E-state index in [1.54, 1.807) is 6.07 Å². The predicted octanol–water partition coefficient (Wildman–Crippen LogP) is 3.19. The van der Waals surface area contributed by atoms with Gasteiger partial charge in [0.1, 0.15) is 5.82 Å². The number of hydrogen-bond donors (Lipinski definition) is 1. The molecule has 0 radical (unpaired) electrons. The Morgan fingerprint density at radius 3 is 3.10 bits per heavy atom. The van der Waals surface area contributed by atoms with Gasteiger partial charge in [-0.15, -0.1) is 11.3 Å². The molecule has 3 rings (SSSR count). The SMILES string of the molecule is Cc1c(C(=O)N2CCCC(CO)C2)sc2ccc(F)cc12. The summed E-state index contributed by atoms with van der Waals surface area (Å²) in [7, 11) is 0. The number of aliphatic hydroxyl groups excluding tert-OH is 1. The van der Waals surface area contributed by atoms with E-state index >= 15 is 0 Å². The Hall–Kier alpha value is -1.46. The fourth-order valence-electron chi connectivity index (χ4n) is 2.94. The highest BCUT2D eigenvalue weighted by Gasteiger charge is 2.26. The molecule has 1 aromatic heterocycles. The summed E-state index contributed by atoms with van der Waals surface area (Å²) in [5.41, 5.74) is 0.852. The molecule has 3 nitrogen and oxygen atoms in total. The van der Waals surface area contributed by atoms with Crippen LogP contribution in [0.3, 0.4) is 0 Å². The minimum Gasteiger partial charge on any atom is -0.396 e. The molecule has 21 heavy (non-hydrogen) atoms. The van der Waals surface area contributed by atoms with E-state index < -0.39 is 0 Å². The van der Waals surface area contributed by atoms with Crippen LogP contribution < -0.4 is 0 Å². The number of aryl methyl sites for hydroxylation is 1. The second-order valence-electron chi connectivity index (χ2n) is 5.64. The summed E-state index contributed by atoms with van der Waals surface area (Å²) in [5.74, 6) is -0.0946. The highest BCUT2D eigenvalue weighted by atomic mass is 32.1. The Morgan fingerprint density at radius 1 is 1.52 bits per heavy atom. The number of thiophene rings is 1. The molecule has 112 valence electrons. The monoisotopic (exact) mass is 307 g/mol. The van der Waals surface area contributed by atoms with Crippen LogP contribution in [-0.2, 0) is 0 Å². The number of hydrogen-bond acceptors (Lipinski definition) is 3. The van der Waals surface area contributed by atoms with Crippen LogP contribution >= 0.6 is 11.3 Å². The number of rotatable bonds is 2. The largest absolute Gasteiger partial charge is 0.396 e. The molecule has 1 aliphatic rings. The maximum atomic E-state index is 13.4. The van der Waals surface area contributed by atoms with E-state index in [0.29, 0.717) is 11.4 Å². The fraction of sp³-hybridized carbons (Fsp3) is 0.438. The molecule has 0 spiro atoms. The van der Waals surface area contributed by atoms with Crippen molar-refractivity contribution in [3.8, 4) is 0 Å². The number of amides is 1. The Bertz CT molecular complexity index is 682. The maximum Gasteiger partial charge on any atom is 0.264 e. The van der Waals surface area contributed by atoms with Gasteiger partial charge >= 0.3 is 0 Å². The van der Waals surface area contributed by atoms with Crippen molar-refractivity contribution in [3.05, 3.63) is 34.5 Å². The van der Waals surface area contributed by atoms with Gasteiger partial charge < -0.3 is 10.0 Å². The molecule has 1 atom stereocenters. The zero-order valence-electron chi connectivity index (χ0n) is 11.9. The van der Waals surface area contributed by atoms with Gasteiger partial charge in [-0.3, -0.25) is 4.79 Å². The van der Waals surface area contributed by atoms with Crippen molar-refractivity contribution in [2.45, 2.75) is 19.8 Å². The second-order valence-corrected chi connectivity index (χ2v) is 6.69. The number of carbonyl (C=O) groups excluding carboxylic acids is 1. The van der Waals surface area contributed by atoms with Gasteiger partial charge in [-0.1, -0.05) is 0 Å². The minimum atomic E-state index is -0.277. The molecule has 1 unspecified atom stereocenters. The molecule has 1 fully saturated rings. The number of benzene rings is 1. The first-order valence-corrected chi connectivity index (χ1v) is 8.00. The smallest absolute Gasteiger partial charge is 0.264 e. The van der Waals surface area contributed by atoms with E-state index in [4.69, 9.17) is 0 Å². The van der Waals surface area contributed by atoms with E-state index in [2.05, 4.69) is 0 Å². The summed E-state index contributed by atoms with van der Waals surface area (Å²) in [6.45, 7) is 3.34. The van der Waals surface area contributed by atoms with Crippen molar-refractivity contribution in [1.29, 1.82) is 0 Å². The van der Waals surface area contributed by atoms with Crippen LogP contribution in [0.1, 0.15) is 28.1 Å². The van der Waals surface area contributed by atoms with Crippen LogP contribution in [-0.4, -0.2) is 35.6 Å². The van der Waals surface area contributed by atoms with Crippen molar-refractivity contribution in [2.75, 3.05) is 19.7 Å². The van der Waals surface area contributed by atoms with E-state index in [1.165, 1.54) is 23.5 Å². The Morgan fingerprint density at radius 2 is 2.33 bits per heavy atom. The van der Waals surface area contributed by atoms with Gasteiger partial charge in [0.25, 0.3) is 5.91 Å². The van der Waals surface area contributed by atoms with Gasteiger partial charge in [0.2, 0.25) is 0 Å². The molecule has 1 aliphatic heterocycles. The minimum absolute atomic E-state index is 0.00672. The number of aliphatic hydroxyl groups is 1. The van der Waals surface area contributed by atoms with Crippen molar-refractivity contribution >= 4 is 27.3 Å². The molecule has 2 heterocycles. The van der Waals surface area contributed by atoms with E-state index in [9.17, 15) is 14.3 Å². The first kappa shape index (κ1) is 14.5. The molecular weight excluding hydrogens is 289 g/mol. The average molecular weight is 307 g/mol. The van der Waals surface area contributed by atoms with E-state index in [1.807, 2.05) is 11.8 Å². The fourth-order valence-corrected chi connectivity index (χ4v) is 4.10. The molecule has 1 N–H and O–H groups in total. The predicted molar refractivity (Wildman–Crippen MR) is 82.2 cm³/mol. The van der Waals surface area contributed by atoms with E-state index in [-0.39, 0.29) is 24.2 Å². The summed E-state index contributed by atoms with van der Waals surface area (Å²) in [5, 5.41) is 10.1. The molecule has 0 aliphatic carbocycles. The summed E-state index contributed by atoms with van der Waals surface area (Å²) in [6.07, 6.45) is 1.90. The summed E-state index contributed by atoms with van der Waals surface area (Å²) in [4.78, 5) is 15.2. The summed E-state index contributed by atoms with van der Waals surface area (Å²) < 4.78 is 14.3. The molecule has 0 bridgehead atoms. The number of fused-ring (bicyclic) bond motifs is 1. The molecule has 2 aromatic rings. The number of piperidine rings is 1. The Kier molecular flexibility index (Phi) is 3.95. The number of carbonyl (C=O) groups is 1. The van der Waals surface area contributed by atoms with Crippen molar-refractivity contribution in [2.24, 2.45) is 5.92 Å². The van der Waals surface area contributed by atoms with Crippen molar-refractivity contribution < 1.29 is 14.3 Å². The topological polar surface area (TPSA) is 40.5 Å². The molecule has 1 aromatic carbocycles. The van der Waals surface area contributed by atoms with Crippen LogP contribution in [0.5, 0.6) is 0 Å². The van der Waals surface area contributed by atoms with Crippen LogP contribution in [0, 0.1) is 18.7 Å². The number of nitrogens with zero attached hydrogens (tertiary/aromatic N) is 1. The van der Waals surface area contributed by atoms with Crippen LogP contribution in [0.4, 0.5) is 4.39 Å². The standard InChI is InChI=1S/C16H18FNO2S/c1-10-13-7-12(17)4-5-14(13)21-15(10)16(20)18-6-2-3-11(8-18)9-19/h4-5,7,11,19H,2-3,6,8-9H2,1H3. The molecule has 1 amide bonds. The molecular formula is C16H18FNO2S. The Labute approximate surface area is 127 Å². The molecule has 1 saturated heterocycles. The maximum absolute atomic E-state index is 13.4. The third-order valence-corrected chi connectivity index (χ3v) is 5.42. The zero-order valence-corrected chi connectivity index (χ0v) is 12.8. The van der Waals surface area contributed by atoms with Gasteiger partial charge in [-0.2, -0.15) is 0 Å². The lowest BCUT2D eigenvalue weighted by molar-refractivity contribution is 0.0625. The van der Waals surface area contributed by atoms with E-state index in [0.717, 1.165) is 35.0 Å². The number of halogens is 1. The second kappa shape index (κ2) is 5.73. The first-order valence-electron chi connectivity index (χ1n) is 7.19. The van der Waals surface area contributed by atoms with Gasteiger partial charge in [0.05, 0.1) is 4.88 Å². The normalized spacial score (nSPS) is 19.2. The van der Waals surface area contributed by atoms with Crippen LogP contribution in [0.2, 0.25) is 0 Å². The molecule has 0 saturated carbocycles. The summed E-state index contributed by atoms with van der Waals surface area (Å²) in [6, 6.07) is 4.64. The summed E-state index contributed by atoms with van der Waals surface area (Å²) >= 11 is 1.42. The highest BCUT2D eigenvalue weighted by Crippen LogP contribution is 2.33. The van der Waals surface area contributed by atoms with Gasteiger partial charge in [-0.05, 0) is 54.8 Å². The van der Waals surface area contributed by atoms with Crippen LogP contribution in [0.25, 0.3) is 10.1 Å².